The third-order valence-electron chi connectivity index (χ3n) is 5.83. The minimum absolute atomic E-state index is 0.560. The average molecular weight is 397 g/mol. The predicted molar refractivity (Wildman–Crippen MR) is 124 cm³/mol. The second-order valence-corrected chi connectivity index (χ2v) is 8.82. The van der Waals surface area contributed by atoms with Crippen LogP contribution in [0.3, 0.4) is 0 Å². The van der Waals surface area contributed by atoms with Gasteiger partial charge in [0.15, 0.2) is 6.20 Å². The maximum atomic E-state index is 4.57. The second-order valence-electron chi connectivity index (χ2n) is 8.82. The smallest absolute Gasteiger partial charge is 0.220 e. The number of hydrogen-bond acceptors (Lipinski definition) is 2. The zero-order valence-corrected chi connectivity index (χ0v) is 18.8. The molecule has 0 N–H and O–H groups in total. The molecule has 3 heteroatoms. The van der Waals surface area contributed by atoms with Gasteiger partial charge in [0.25, 0.3) is 0 Å². The summed E-state index contributed by atoms with van der Waals surface area (Å²) in [4.78, 5) is 9.14. The van der Waals surface area contributed by atoms with Crippen molar-refractivity contribution in [1.82, 2.24) is 9.97 Å². The first kappa shape index (κ1) is 20.2. The van der Waals surface area contributed by atoms with Gasteiger partial charge in [0.1, 0.15) is 12.9 Å². The maximum absolute atomic E-state index is 4.57. The normalized spacial score (nSPS) is 11.4. The fraction of sp³-hybridized carbons (Fsp3) is 0.296. The molecular formula is C27H30N3+. The molecule has 0 unspecified atom stereocenters. The quantitative estimate of drug-likeness (QED) is 0.401. The van der Waals surface area contributed by atoms with Crippen LogP contribution in [0.1, 0.15) is 36.4 Å². The molecule has 0 saturated heterocycles. The van der Waals surface area contributed by atoms with Crippen LogP contribution in [-0.4, -0.2) is 9.97 Å². The first-order valence-corrected chi connectivity index (χ1v) is 10.7. The molecule has 30 heavy (non-hydrogen) atoms. The number of aryl methyl sites for hydroxylation is 3. The third-order valence-corrected chi connectivity index (χ3v) is 5.83. The van der Waals surface area contributed by atoms with Gasteiger partial charge in [-0.05, 0) is 67.0 Å². The van der Waals surface area contributed by atoms with Crippen molar-refractivity contribution in [2.45, 2.75) is 41.0 Å². The summed E-state index contributed by atoms with van der Waals surface area (Å²) in [6.45, 7) is 11.0. The molecule has 2 heterocycles. The zero-order chi connectivity index (χ0) is 21.4. The van der Waals surface area contributed by atoms with Crippen molar-refractivity contribution in [2.24, 2.45) is 13.0 Å². The summed E-state index contributed by atoms with van der Waals surface area (Å²) in [5.41, 5.74) is 8.72. The number of fused-ring (bicyclic) bond motifs is 1. The summed E-state index contributed by atoms with van der Waals surface area (Å²) >= 11 is 0. The number of rotatable bonds is 4. The van der Waals surface area contributed by atoms with Crippen LogP contribution in [0.25, 0.3) is 33.2 Å². The number of aromatic nitrogens is 3. The molecule has 2 aromatic carbocycles. The summed E-state index contributed by atoms with van der Waals surface area (Å²) in [5.74, 6) is 1.47. The summed E-state index contributed by atoms with van der Waals surface area (Å²) < 4.78 is 2.23. The zero-order valence-electron chi connectivity index (χ0n) is 18.8. The Bertz CT molecular complexity index is 1220. The SMILES string of the molecule is Cc1cc(C)c(C)c(-c2c3ccc(-c4cnc(CC(C)C)nc4)cc3cc[n+]2C)c1. The van der Waals surface area contributed by atoms with Crippen molar-refractivity contribution in [3.63, 3.8) is 0 Å². The van der Waals surface area contributed by atoms with Crippen LogP contribution in [-0.2, 0) is 13.5 Å². The minimum Gasteiger partial charge on any atom is -0.241 e. The Labute approximate surface area is 179 Å². The largest absolute Gasteiger partial charge is 0.241 e. The van der Waals surface area contributed by atoms with Gasteiger partial charge < -0.3 is 0 Å². The van der Waals surface area contributed by atoms with Gasteiger partial charge in [0, 0.05) is 30.4 Å². The lowest BCUT2D eigenvalue weighted by Crippen LogP contribution is -2.30. The molecule has 0 atom stereocenters. The van der Waals surface area contributed by atoms with Crippen LogP contribution in [0.4, 0.5) is 0 Å². The second kappa shape index (κ2) is 7.98. The van der Waals surface area contributed by atoms with Crippen molar-refractivity contribution in [3.05, 3.63) is 77.5 Å². The summed E-state index contributed by atoms with van der Waals surface area (Å²) in [7, 11) is 2.13. The van der Waals surface area contributed by atoms with E-state index in [0.29, 0.717) is 5.92 Å². The highest BCUT2D eigenvalue weighted by atomic mass is 14.9. The Morgan fingerprint density at radius 3 is 2.33 bits per heavy atom. The van der Waals surface area contributed by atoms with Gasteiger partial charge in [0.05, 0.1) is 10.9 Å². The van der Waals surface area contributed by atoms with E-state index in [1.54, 1.807) is 0 Å². The predicted octanol–water partition coefficient (Wildman–Crippen LogP) is 5.91. The van der Waals surface area contributed by atoms with E-state index in [-0.39, 0.29) is 0 Å². The van der Waals surface area contributed by atoms with Crippen molar-refractivity contribution < 1.29 is 4.57 Å². The van der Waals surface area contributed by atoms with E-state index in [1.807, 2.05) is 12.4 Å². The lowest BCUT2D eigenvalue weighted by atomic mass is 9.94. The van der Waals surface area contributed by atoms with Crippen LogP contribution in [0.2, 0.25) is 0 Å². The molecule has 152 valence electrons. The Balaban J connectivity index is 1.82. The number of hydrogen-bond donors (Lipinski definition) is 0. The average Bonchev–Trinajstić information content (AvgIpc) is 2.71. The number of benzene rings is 2. The van der Waals surface area contributed by atoms with Gasteiger partial charge in [-0.3, -0.25) is 0 Å². The molecule has 0 aliphatic rings. The molecule has 0 radical (unpaired) electrons. The van der Waals surface area contributed by atoms with Gasteiger partial charge >= 0.3 is 0 Å². The van der Waals surface area contributed by atoms with Crippen molar-refractivity contribution in [2.75, 3.05) is 0 Å². The Hall–Kier alpha value is -3.07. The van der Waals surface area contributed by atoms with Gasteiger partial charge in [-0.2, -0.15) is 0 Å². The lowest BCUT2D eigenvalue weighted by molar-refractivity contribution is -0.659. The first-order chi connectivity index (χ1) is 14.3. The standard InChI is InChI=1S/C27H30N3/c1-17(2)11-26-28-15-23(16-29-26)21-7-8-24-22(14-21)9-10-30(6)27(24)25-13-18(3)12-19(4)20(25)5/h7-10,12-17H,11H2,1-6H3/q+1. The molecule has 0 fully saturated rings. The highest BCUT2D eigenvalue weighted by Crippen LogP contribution is 2.32. The third kappa shape index (κ3) is 3.85. The summed E-state index contributed by atoms with van der Waals surface area (Å²) in [6.07, 6.45) is 6.96. The molecule has 4 aromatic rings. The van der Waals surface area contributed by atoms with E-state index in [0.717, 1.165) is 23.4 Å². The Morgan fingerprint density at radius 2 is 1.63 bits per heavy atom. The fourth-order valence-corrected chi connectivity index (χ4v) is 4.15. The molecule has 2 aromatic heterocycles. The topological polar surface area (TPSA) is 29.7 Å². The van der Waals surface area contributed by atoms with E-state index < -0.39 is 0 Å². The molecular weight excluding hydrogens is 366 g/mol. The highest BCUT2D eigenvalue weighted by Gasteiger charge is 2.19. The van der Waals surface area contributed by atoms with Crippen LogP contribution in [0, 0.1) is 26.7 Å². The molecule has 0 bridgehead atoms. The highest BCUT2D eigenvalue weighted by molar-refractivity contribution is 5.96. The monoisotopic (exact) mass is 396 g/mol. The van der Waals surface area contributed by atoms with Crippen LogP contribution < -0.4 is 4.57 Å². The Morgan fingerprint density at radius 1 is 0.900 bits per heavy atom. The first-order valence-electron chi connectivity index (χ1n) is 10.7. The van der Waals surface area contributed by atoms with Gasteiger partial charge in [-0.1, -0.05) is 31.5 Å². The van der Waals surface area contributed by atoms with Crippen LogP contribution >= 0.6 is 0 Å². The molecule has 3 nitrogen and oxygen atoms in total. The molecule has 0 aliphatic carbocycles. The van der Waals surface area contributed by atoms with Gasteiger partial charge in [-0.15, -0.1) is 0 Å². The summed E-state index contributed by atoms with van der Waals surface area (Å²) in [6, 6.07) is 13.4. The van der Waals surface area contributed by atoms with Crippen LogP contribution in [0.5, 0.6) is 0 Å². The molecule has 0 aliphatic heterocycles. The lowest BCUT2D eigenvalue weighted by Gasteiger charge is -2.12. The molecule has 4 rings (SSSR count). The van der Waals surface area contributed by atoms with E-state index >= 15 is 0 Å². The van der Waals surface area contributed by atoms with E-state index in [4.69, 9.17) is 0 Å². The summed E-state index contributed by atoms with van der Waals surface area (Å²) in [5, 5.41) is 2.49. The molecule has 0 spiro atoms. The van der Waals surface area contributed by atoms with Crippen molar-refractivity contribution in [1.29, 1.82) is 0 Å². The number of nitrogens with zero attached hydrogens (tertiary/aromatic N) is 3. The fourth-order valence-electron chi connectivity index (χ4n) is 4.15. The molecule has 0 saturated carbocycles. The van der Waals surface area contributed by atoms with Crippen molar-refractivity contribution in [3.8, 4) is 22.4 Å². The van der Waals surface area contributed by atoms with E-state index in [9.17, 15) is 0 Å². The van der Waals surface area contributed by atoms with E-state index in [1.165, 1.54) is 38.7 Å². The number of pyridine rings is 1. The van der Waals surface area contributed by atoms with E-state index in [2.05, 4.69) is 98.8 Å². The maximum Gasteiger partial charge on any atom is 0.220 e. The van der Waals surface area contributed by atoms with Gasteiger partial charge in [0.2, 0.25) is 5.69 Å². The Kier molecular flexibility index (Phi) is 5.38. The van der Waals surface area contributed by atoms with Crippen LogP contribution in [0.15, 0.2) is 55.0 Å². The van der Waals surface area contributed by atoms with Gasteiger partial charge in [-0.25, -0.2) is 14.5 Å². The minimum atomic E-state index is 0.560. The molecule has 0 amide bonds. The van der Waals surface area contributed by atoms with Crippen molar-refractivity contribution >= 4 is 10.8 Å².